The maximum atomic E-state index is 12.0. The molecule has 0 aliphatic rings. The fourth-order valence-corrected chi connectivity index (χ4v) is 2.19. The van der Waals surface area contributed by atoms with E-state index in [1.165, 1.54) is 0 Å². The predicted octanol–water partition coefficient (Wildman–Crippen LogP) is 3.33. The van der Waals surface area contributed by atoms with Crippen molar-refractivity contribution in [3.63, 3.8) is 0 Å². The summed E-state index contributed by atoms with van der Waals surface area (Å²) in [6.45, 7) is 3.79. The fourth-order valence-electron chi connectivity index (χ4n) is 1.61. The summed E-state index contributed by atoms with van der Waals surface area (Å²) in [5.74, 6) is -1.37. The van der Waals surface area contributed by atoms with Gasteiger partial charge in [0.2, 0.25) is 0 Å². The van der Waals surface area contributed by atoms with E-state index in [-0.39, 0.29) is 16.5 Å². The molecule has 0 saturated carbocycles. The second kappa shape index (κ2) is 6.91. The molecule has 0 fully saturated rings. The van der Waals surface area contributed by atoms with Gasteiger partial charge in [0.15, 0.2) is 0 Å². The average molecular weight is 349 g/mol. The van der Waals surface area contributed by atoms with Gasteiger partial charge >= 0.3 is 5.97 Å². The lowest BCUT2D eigenvalue weighted by Gasteiger charge is -2.17. The number of halogens is 2. The maximum Gasteiger partial charge on any atom is 0.326 e. The Morgan fingerprint density at radius 3 is 2.58 bits per heavy atom. The molecule has 4 nitrogen and oxygen atoms in total. The van der Waals surface area contributed by atoms with Crippen LogP contribution in [-0.2, 0) is 4.79 Å². The minimum atomic E-state index is -1.05. The molecule has 0 radical (unpaired) electrons. The van der Waals surface area contributed by atoms with Crippen LogP contribution < -0.4 is 5.32 Å². The van der Waals surface area contributed by atoms with E-state index in [4.69, 9.17) is 16.7 Å². The summed E-state index contributed by atoms with van der Waals surface area (Å²) in [5.41, 5.74) is 0.256. The first-order chi connectivity index (χ1) is 8.82. The van der Waals surface area contributed by atoms with E-state index >= 15 is 0 Å². The molecule has 1 atom stereocenters. The number of benzene rings is 1. The molecule has 0 aliphatic heterocycles. The molecule has 6 heteroatoms. The first-order valence-corrected chi connectivity index (χ1v) is 6.97. The monoisotopic (exact) mass is 347 g/mol. The SMILES string of the molecule is CC(C)C[C@H](NC(=O)c1cccc(Br)c1Cl)C(=O)O. The molecule has 0 heterocycles. The molecule has 0 aromatic heterocycles. The molecule has 0 aliphatic carbocycles. The highest BCUT2D eigenvalue weighted by atomic mass is 79.9. The lowest BCUT2D eigenvalue weighted by Crippen LogP contribution is -2.41. The van der Waals surface area contributed by atoms with Gasteiger partial charge in [0, 0.05) is 4.47 Å². The summed E-state index contributed by atoms with van der Waals surface area (Å²) >= 11 is 9.22. The van der Waals surface area contributed by atoms with E-state index in [2.05, 4.69) is 21.2 Å². The standard InChI is InChI=1S/C13H15BrClNO3/c1-7(2)6-10(13(18)19)16-12(17)8-4-3-5-9(14)11(8)15/h3-5,7,10H,6H2,1-2H3,(H,16,17)(H,18,19)/t10-/m0/s1. The first-order valence-electron chi connectivity index (χ1n) is 5.80. The molecule has 19 heavy (non-hydrogen) atoms. The highest BCUT2D eigenvalue weighted by Gasteiger charge is 2.23. The highest BCUT2D eigenvalue weighted by molar-refractivity contribution is 9.10. The Labute approximate surface area is 125 Å². The summed E-state index contributed by atoms with van der Waals surface area (Å²) in [4.78, 5) is 23.1. The number of hydrogen-bond donors (Lipinski definition) is 2. The Bertz CT molecular complexity index is 491. The van der Waals surface area contributed by atoms with Crippen molar-refractivity contribution in [3.8, 4) is 0 Å². The Morgan fingerprint density at radius 2 is 2.05 bits per heavy atom. The minimum Gasteiger partial charge on any atom is -0.480 e. The van der Waals surface area contributed by atoms with E-state index in [1.807, 2.05) is 13.8 Å². The van der Waals surface area contributed by atoms with E-state index < -0.39 is 17.9 Å². The van der Waals surface area contributed by atoms with E-state index in [9.17, 15) is 9.59 Å². The number of carbonyl (C=O) groups excluding carboxylic acids is 1. The Balaban J connectivity index is 2.88. The molecular formula is C13H15BrClNO3. The van der Waals surface area contributed by atoms with Gasteiger partial charge in [-0.3, -0.25) is 4.79 Å². The number of aliphatic carboxylic acids is 1. The minimum absolute atomic E-state index is 0.166. The van der Waals surface area contributed by atoms with Crippen LogP contribution in [0.3, 0.4) is 0 Å². The molecule has 1 aromatic carbocycles. The van der Waals surface area contributed by atoms with Crippen molar-refractivity contribution in [2.45, 2.75) is 26.3 Å². The summed E-state index contributed by atoms with van der Waals surface area (Å²) < 4.78 is 0.595. The van der Waals surface area contributed by atoms with Gasteiger partial charge in [-0.1, -0.05) is 31.5 Å². The molecule has 104 valence electrons. The zero-order chi connectivity index (χ0) is 14.6. The number of carboxylic acids is 1. The summed E-state index contributed by atoms with van der Waals surface area (Å²) in [7, 11) is 0. The van der Waals surface area contributed by atoms with Gasteiger partial charge in [-0.15, -0.1) is 0 Å². The zero-order valence-electron chi connectivity index (χ0n) is 10.6. The molecule has 1 rings (SSSR count). The molecule has 2 N–H and O–H groups in total. The van der Waals surface area contributed by atoms with Crippen LogP contribution in [-0.4, -0.2) is 23.0 Å². The number of rotatable bonds is 5. The number of carboxylic acid groups (broad SMARTS) is 1. The van der Waals surface area contributed by atoms with E-state index in [0.717, 1.165) is 0 Å². The van der Waals surface area contributed by atoms with Crippen molar-refractivity contribution in [1.82, 2.24) is 5.32 Å². The number of amides is 1. The molecule has 0 bridgehead atoms. The zero-order valence-corrected chi connectivity index (χ0v) is 13.0. The normalized spacial score (nSPS) is 12.3. The first kappa shape index (κ1) is 16.0. The van der Waals surface area contributed by atoms with Gasteiger partial charge in [-0.25, -0.2) is 4.79 Å². The highest BCUT2D eigenvalue weighted by Crippen LogP contribution is 2.26. The summed E-state index contributed by atoms with van der Waals surface area (Å²) in [6, 6.07) is 4.02. The third-order valence-electron chi connectivity index (χ3n) is 2.51. The van der Waals surface area contributed by atoms with Crippen LogP contribution in [0.2, 0.25) is 5.02 Å². The number of nitrogens with one attached hydrogen (secondary N) is 1. The van der Waals surface area contributed by atoms with Crippen molar-refractivity contribution >= 4 is 39.4 Å². The largest absolute Gasteiger partial charge is 0.480 e. The summed E-state index contributed by atoms with van der Waals surface area (Å²) in [5, 5.41) is 11.8. The van der Waals surface area contributed by atoms with E-state index in [1.54, 1.807) is 18.2 Å². The third-order valence-corrected chi connectivity index (χ3v) is 3.80. The lowest BCUT2D eigenvalue weighted by atomic mass is 10.0. The Kier molecular flexibility index (Phi) is 5.82. The van der Waals surface area contributed by atoms with Crippen LogP contribution in [0.5, 0.6) is 0 Å². The van der Waals surface area contributed by atoms with Gasteiger partial charge in [0.25, 0.3) is 5.91 Å². The molecule has 1 amide bonds. The van der Waals surface area contributed by atoms with Crippen LogP contribution in [0.4, 0.5) is 0 Å². The molecular weight excluding hydrogens is 334 g/mol. The van der Waals surface area contributed by atoms with Gasteiger partial charge < -0.3 is 10.4 Å². The molecule has 0 unspecified atom stereocenters. The van der Waals surface area contributed by atoms with Crippen molar-refractivity contribution in [3.05, 3.63) is 33.3 Å². The Hall–Kier alpha value is -1.07. The van der Waals surface area contributed by atoms with Gasteiger partial charge in [0.1, 0.15) is 6.04 Å². The second-order valence-corrected chi connectivity index (χ2v) is 5.83. The fraction of sp³-hybridized carbons (Fsp3) is 0.385. The Morgan fingerprint density at radius 1 is 1.42 bits per heavy atom. The molecule has 0 saturated heterocycles. The maximum absolute atomic E-state index is 12.0. The van der Waals surface area contributed by atoms with Crippen molar-refractivity contribution in [2.24, 2.45) is 5.92 Å². The van der Waals surface area contributed by atoms with Gasteiger partial charge in [-0.2, -0.15) is 0 Å². The van der Waals surface area contributed by atoms with Crippen LogP contribution in [0.25, 0.3) is 0 Å². The molecule has 1 aromatic rings. The van der Waals surface area contributed by atoms with Gasteiger partial charge in [-0.05, 0) is 40.4 Å². The molecule has 0 spiro atoms. The average Bonchev–Trinajstić information content (AvgIpc) is 2.31. The van der Waals surface area contributed by atoms with Crippen molar-refractivity contribution < 1.29 is 14.7 Å². The van der Waals surface area contributed by atoms with Crippen LogP contribution in [0, 0.1) is 5.92 Å². The topological polar surface area (TPSA) is 66.4 Å². The number of carbonyl (C=O) groups is 2. The van der Waals surface area contributed by atoms with E-state index in [0.29, 0.717) is 10.9 Å². The van der Waals surface area contributed by atoms with Crippen LogP contribution >= 0.6 is 27.5 Å². The van der Waals surface area contributed by atoms with Gasteiger partial charge in [0.05, 0.1) is 10.6 Å². The van der Waals surface area contributed by atoms with Crippen molar-refractivity contribution in [2.75, 3.05) is 0 Å². The summed E-state index contributed by atoms with van der Waals surface area (Å²) in [6.07, 6.45) is 0.368. The predicted molar refractivity (Wildman–Crippen MR) is 77.5 cm³/mol. The number of hydrogen-bond acceptors (Lipinski definition) is 2. The lowest BCUT2D eigenvalue weighted by molar-refractivity contribution is -0.139. The smallest absolute Gasteiger partial charge is 0.326 e. The quantitative estimate of drug-likeness (QED) is 0.857. The van der Waals surface area contributed by atoms with Crippen molar-refractivity contribution in [1.29, 1.82) is 0 Å². The van der Waals surface area contributed by atoms with Crippen LogP contribution in [0.1, 0.15) is 30.6 Å². The third kappa shape index (κ3) is 4.51. The second-order valence-electron chi connectivity index (χ2n) is 4.60. The van der Waals surface area contributed by atoms with Crippen LogP contribution in [0.15, 0.2) is 22.7 Å².